The van der Waals surface area contributed by atoms with E-state index in [0.29, 0.717) is 0 Å². The van der Waals surface area contributed by atoms with Gasteiger partial charge in [0, 0.05) is 11.6 Å². The lowest BCUT2D eigenvalue weighted by Gasteiger charge is -2.07. The standard InChI is InChI=1S/C15H17NO6/c1-3-21-14(17)10-12(15(18)22-4-2)9-11-7-5-6-8-13(11)16(19)20/h5-9H,3-4,10H2,1-2H3/b12-9+. The van der Waals surface area contributed by atoms with Gasteiger partial charge in [0.05, 0.1) is 30.1 Å². The molecule has 1 aromatic rings. The monoisotopic (exact) mass is 307 g/mol. The number of carbonyl (C=O) groups excluding carboxylic acids is 2. The van der Waals surface area contributed by atoms with E-state index >= 15 is 0 Å². The van der Waals surface area contributed by atoms with Crippen LogP contribution in [0.3, 0.4) is 0 Å². The van der Waals surface area contributed by atoms with Crippen LogP contribution in [-0.2, 0) is 19.1 Å². The minimum Gasteiger partial charge on any atom is -0.466 e. The molecule has 0 N–H and O–H groups in total. The van der Waals surface area contributed by atoms with Gasteiger partial charge in [0.15, 0.2) is 0 Å². The maximum absolute atomic E-state index is 11.9. The number of hydrogen-bond acceptors (Lipinski definition) is 6. The first-order chi connectivity index (χ1) is 10.5. The van der Waals surface area contributed by atoms with Crippen LogP contribution in [0, 0.1) is 10.1 Å². The first kappa shape index (κ1) is 17.4. The summed E-state index contributed by atoms with van der Waals surface area (Å²) in [5.41, 5.74) is 0.0719. The summed E-state index contributed by atoms with van der Waals surface area (Å²) in [6, 6.07) is 5.93. The zero-order chi connectivity index (χ0) is 16.5. The van der Waals surface area contributed by atoms with Gasteiger partial charge in [0.1, 0.15) is 0 Å². The van der Waals surface area contributed by atoms with E-state index < -0.39 is 16.9 Å². The molecule has 0 fully saturated rings. The molecule has 0 aliphatic carbocycles. The van der Waals surface area contributed by atoms with Crippen LogP contribution >= 0.6 is 0 Å². The molecule has 0 bridgehead atoms. The Bertz CT molecular complexity index is 593. The molecular weight excluding hydrogens is 290 g/mol. The van der Waals surface area contributed by atoms with E-state index in [4.69, 9.17) is 9.47 Å². The van der Waals surface area contributed by atoms with Gasteiger partial charge in [-0.25, -0.2) is 4.79 Å². The van der Waals surface area contributed by atoms with Crippen LogP contribution in [0.4, 0.5) is 5.69 Å². The first-order valence-corrected chi connectivity index (χ1v) is 6.76. The summed E-state index contributed by atoms with van der Waals surface area (Å²) < 4.78 is 9.67. The molecule has 0 aliphatic heterocycles. The van der Waals surface area contributed by atoms with Crippen LogP contribution in [-0.4, -0.2) is 30.1 Å². The molecule has 7 heteroatoms. The molecule has 1 aromatic carbocycles. The number of nitrogens with zero attached hydrogens (tertiary/aromatic N) is 1. The summed E-state index contributed by atoms with van der Waals surface area (Å²) in [5, 5.41) is 11.0. The van der Waals surface area contributed by atoms with Gasteiger partial charge >= 0.3 is 11.9 Å². The second kappa shape index (κ2) is 8.56. The second-order valence-corrected chi connectivity index (χ2v) is 4.19. The molecule has 0 amide bonds. The summed E-state index contributed by atoms with van der Waals surface area (Å²) in [4.78, 5) is 33.9. The van der Waals surface area contributed by atoms with Crippen LogP contribution in [0.1, 0.15) is 25.8 Å². The molecule has 0 heterocycles. The van der Waals surface area contributed by atoms with Crippen LogP contribution in [0.2, 0.25) is 0 Å². The lowest BCUT2D eigenvalue weighted by Crippen LogP contribution is -2.13. The molecule has 118 valence electrons. The molecule has 0 spiro atoms. The number of ether oxygens (including phenoxy) is 2. The van der Waals surface area contributed by atoms with Crippen molar-refractivity contribution < 1.29 is 24.0 Å². The molecule has 0 aliphatic rings. The van der Waals surface area contributed by atoms with Gasteiger partial charge in [-0.3, -0.25) is 14.9 Å². The smallest absolute Gasteiger partial charge is 0.334 e. The molecule has 0 aromatic heterocycles. The molecule has 0 saturated carbocycles. The molecular formula is C15H17NO6. The maximum atomic E-state index is 11.9. The highest BCUT2D eigenvalue weighted by atomic mass is 16.6. The van der Waals surface area contributed by atoms with Crippen LogP contribution in [0.15, 0.2) is 29.8 Å². The van der Waals surface area contributed by atoms with E-state index in [0.717, 1.165) is 0 Å². The zero-order valence-corrected chi connectivity index (χ0v) is 12.4. The van der Waals surface area contributed by atoms with Gasteiger partial charge in [-0.15, -0.1) is 0 Å². The zero-order valence-electron chi connectivity index (χ0n) is 12.4. The van der Waals surface area contributed by atoms with E-state index in [1.54, 1.807) is 19.9 Å². The van der Waals surface area contributed by atoms with Crippen molar-refractivity contribution in [3.63, 3.8) is 0 Å². The van der Waals surface area contributed by atoms with E-state index in [2.05, 4.69) is 0 Å². The number of benzene rings is 1. The number of nitro groups is 1. The van der Waals surface area contributed by atoms with Crippen molar-refractivity contribution in [2.75, 3.05) is 13.2 Å². The number of para-hydroxylation sites is 1. The number of hydrogen-bond donors (Lipinski definition) is 0. The van der Waals surface area contributed by atoms with Crippen molar-refractivity contribution in [3.8, 4) is 0 Å². The summed E-state index contributed by atoms with van der Waals surface area (Å²) in [6.45, 7) is 3.59. The highest BCUT2D eigenvalue weighted by Crippen LogP contribution is 2.22. The summed E-state index contributed by atoms with van der Waals surface area (Å²) >= 11 is 0. The van der Waals surface area contributed by atoms with Gasteiger partial charge in [-0.1, -0.05) is 12.1 Å². The number of rotatable bonds is 7. The van der Waals surface area contributed by atoms with E-state index in [1.165, 1.54) is 24.3 Å². The van der Waals surface area contributed by atoms with Crippen LogP contribution < -0.4 is 0 Å². The minimum atomic E-state index is -0.700. The molecule has 0 saturated heterocycles. The topological polar surface area (TPSA) is 95.7 Å². The summed E-state index contributed by atoms with van der Waals surface area (Å²) in [7, 11) is 0. The lowest BCUT2D eigenvalue weighted by atomic mass is 10.1. The third kappa shape index (κ3) is 5.01. The maximum Gasteiger partial charge on any atom is 0.334 e. The highest BCUT2D eigenvalue weighted by Gasteiger charge is 2.19. The highest BCUT2D eigenvalue weighted by molar-refractivity contribution is 5.98. The fraction of sp³-hybridized carbons (Fsp3) is 0.333. The lowest BCUT2D eigenvalue weighted by molar-refractivity contribution is -0.385. The van der Waals surface area contributed by atoms with Crippen molar-refractivity contribution in [1.29, 1.82) is 0 Å². The number of nitro benzene ring substituents is 1. The summed E-state index contributed by atoms with van der Waals surface area (Å²) in [6.07, 6.45) is 0.978. The largest absolute Gasteiger partial charge is 0.466 e. The quantitative estimate of drug-likeness (QED) is 0.332. The van der Waals surface area contributed by atoms with Crippen LogP contribution in [0.5, 0.6) is 0 Å². The number of carbonyl (C=O) groups is 2. The molecule has 0 radical (unpaired) electrons. The summed E-state index contributed by atoms with van der Waals surface area (Å²) in [5.74, 6) is -1.30. The average molecular weight is 307 g/mol. The van der Waals surface area contributed by atoms with E-state index in [9.17, 15) is 19.7 Å². The fourth-order valence-electron chi connectivity index (χ4n) is 1.74. The van der Waals surface area contributed by atoms with Crippen molar-refractivity contribution in [1.82, 2.24) is 0 Å². The molecule has 22 heavy (non-hydrogen) atoms. The normalized spacial score (nSPS) is 10.9. The van der Waals surface area contributed by atoms with Crippen molar-refractivity contribution >= 4 is 23.7 Å². The predicted octanol–water partition coefficient (Wildman–Crippen LogP) is 2.49. The SMILES string of the molecule is CCOC(=O)C/C(=C\c1ccccc1[N+](=O)[O-])C(=O)OCC. The van der Waals surface area contributed by atoms with E-state index in [1.807, 2.05) is 0 Å². The Hall–Kier alpha value is -2.70. The third-order valence-electron chi connectivity index (χ3n) is 2.64. The van der Waals surface area contributed by atoms with E-state index in [-0.39, 0.29) is 36.5 Å². The van der Waals surface area contributed by atoms with Crippen molar-refractivity contribution in [2.24, 2.45) is 0 Å². The predicted molar refractivity (Wildman–Crippen MR) is 79.0 cm³/mol. The Labute approximate surface area is 127 Å². The molecule has 0 atom stereocenters. The van der Waals surface area contributed by atoms with Gasteiger partial charge in [-0.05, 0) is 26.0 Å². The van der Waals surface area contributed by atoms with Crippen molar-refractivity contribution in [2.45, 2.75) is 20.3 Å². The van der Waals surface area contributed by atoms with Gasteiger partial charge in [0.2, 0.25) is 0 Å². The fourth-order valence-corrected chi connectivity index (χ4v) is 1.74. The Morgan fingerprint density at radius 1 is 1.18 bits per heavy atom. The van der Waals surface area contributed by atoms with Gasteiger partial charge < -0.3 is 9.47 Å². The van der Waals surface area contributed by atoms with Gasteiger partial charge in [-0.2, -0.15) is 0 Å². The average Bonchev–Trinajstić information content (AvgIpc) is 2.47. The Kier molecular flexibility index (Phi) is 6.75. The van der Waals surface area contributed by atoms with Crippen LogP contribution in [0.25, 0.3) is 6.08 Å². The second-order valence-electron chi connectivity index (χ2n) is 4.19. The Balaban J connectivity index is 3.17. The first-order valence-electron chi connectivity index (χ1n) is 6.76. The molecule has 0 unspecified atom stereocenters. The minimum absolute atomic E-state index is 0.00889. The molecule has 1 rings (SSSR count). The number of esters is 2. The Morgan fingerprint density at radius 3 is 2.41 bits per heavy atom. The molecule has 7 nitrogen and oxygen atoms in total. The van der Waals surface area contributed by atoms with Gasteiger partial charge in [0.25, 0.3) is 5.69 Å². The van der Waals surface area contributed by atoms with Crippen molar-refractivity contribution in [3.05, 3.63) is 45.5 Å². The Morgan fingerprint density at radius 2 is 1.82 bits per heavy atom. The third-order valence-corrected chi connectivity index (χ3v) is 2.64.